The van der Waals surface area contributed by atoms with E-state index in [0.29, 0.717) is 0 Å². The van der Waals surface area contributed by atoms with Crippen LogP contribution in [0.4, 0.5) is 0 Å². The first-order chi connectivity index (χ1) is 4.93. The Bertz CT molecular complexity index is 174. The average molecular weight is 170 g/mol. The topological polar surface area (TPSA) is 0 Å². The molecule has 54 valence electrons. The van der Waals surface area contributed by atoms with E-state index in [0.717, 1.165) is 0 Å². The molecule has 0 fully saturated rings. The number of rotatable bonds is 3. The number of hydrogen-bond donors (Lipinski definition) is 0. The van der Waals surface area contributed by atoms with Crippen molar-refractivity contribution in [3.63, 3.8) is 0 Å². The quantitative estimate of drug-likeness (QED) is 0.622. The highest BCUT2D eigenvalue weighted by atomic mass is 32.2. The van der Waals surface area contributed by atoms with E-state index < -0.39 is 0 Å². The Morgan fingerprint density at radius 1 is 1.50 bits per heavy atom. The third kappa shape index (κ3) is 2.72. The van der Waals surface area contributed by atoms with Gasteiger partial charge < -0.3 is 0 Å². The highest BCUT2D eigenvalue weighted by Gasteiger charge is 1.88. The van der Waals surface area contributed by atoms with Gasteiger partial charge in [0.15, 0.2) is 0 Å². The summed E-state index contributed by atoms with van der Waals surface area (Å²) in [7, 11) is 1.37. The van der Waals surface area contributed by atoms with E-state index >= 15 is 0 Å². The second kappa shape index (κ2) is 4.76. The van der Waals surface area contributed by atoms with Crippen molar-refractivity contribution in [3.8, 4) is 0 Å². The van der Waals surface area contributed by atoms with Gasteiger partial charge in [-0.05, 0) is 24.0 Å². The van der Waals surface area contributed by atoms with Crippen LogP contribution in [0, 0.1) is 0 Å². The molecule has 1 heterocycles. The molecule has 1 rings (SSSR count). The lowest BCUT2D eigenvalue weighted by Gasteiger charge is -1.95. The molecule has 0 aromatic carbocycles. The van der Waals surface area contributed by atoms with Crippen molar-refractivity contribution >= 4 is 20.0 Å². The molecular weight excluding hydrogens is 159 g/mol. The van der Waals surface area contributed by atoms with Crippen LogP contribution in [-0.4, -0.2) is 5.75 Å². The van der Waals surface area contributed by atoms with Crippen LogP contribution in [-0.2, 0) is 0 Å². The summed E-state index contributed by atoms with van der Waals surface area (Å²) >= 11 is 1.96. The van der Waals surface area contributed by atoms with E-state index in [1.165, 1.54) is 25.0 Å². The van der Waals surface area contributed by atoms with E-state index in [9.17, 15) is 0 Å². The van der Waals surface area contributed by atoms with E-state index in [4.69, 9.17) is 0 Å². The predicted octanol–water partition coefficient (Wildman–Crippen LogP) is 3.77. The highest BCUT2D eigenvalue weighted by molar-refractivity contribution is 8.01. The molecule has 10 heavy (non-hydrogen) atoms. The Kier molecular flexibility index (Phi) is 3.86. The summed E-state index contributed by atoms with van der Waals surface area (Å²) in [5.41, 5.74) is 0. The Hall–Kier alpha value is -0.0000000000000000555. The van der Waals surface area contributed by atoms with Gasteiger partial charge in [-0.1, -0.05) is 27.2 Å². The molecule has 0 nitrogen and oxygen atoms in total. The molecule has 0 atom stereocenters. The van der Waals surface area contributed by atoms with Crippen LogP contribution in [0.1, 0.15) is 13.3 Å². The summed E-state index contributed by atoms with van der Waals surface area (Å²) < 4.78 is 1.48. The summed E-state index contributed by atoms with van der Waals surface area (Å²) in [5.74, 6) is 3.43. The van der Waals surface area contributed by atoms with Crippen LogP contribution in [0.3, 0.4) is 0 Å². The summed E-state index contributed by atoms with van der Waals surface area (Å²) in [6.07, 6.45) is 1.27. The molecule has 0 radical (unpaired) electrons. The molecule has 1 aromatic heterocycles. The van der Waals surface area contributed by atoms with Crippen molar-refractivity contribution in [3.05, 3.63) is 24.0 Å². The lowest BCUT2D eigenvalue weighted by Crippen LogP contribution is -1.70. The maximum atomic E-state index is 2.22. The van der Waals surface area contributed by atoms with Gasteiger partial charge in [0.05, 0.1) is 0 Å². The molecule has 0 bridgehead atoms. The van der Waals surface area contributed by atoms with Gasteiger partial charge in [-0.25, -0.2) is 0 Å². The second-order valence-electron chi connectivity index (χ2n) is 2.02. The fraction of sp³-hybridized carbons (Fsp3) is 0.375. The summed E-state index contributed by atoms with van der Waals surface area (Å²) in [5, 5.41) is 0. The average Bonchev–Trinajstić information content (AvgIpc) is 2.03. The first-order valence-corrected chi connectivity index (χ1v) is 5.42. The first-order valence-electron chi connectivity index (χ1n) is 3.47. The molecule has 0 aliphatic rings. The van der Waals surface area contributed by atoms with Crippen molar-refractivity contribution in [1.29, 1.82) is 0 Å². The number of hydrogen-bond acceptors (Lipinski definition) is 1. The standard InChI is InChI=1S/C8H11PS/c1-2-7-10-8-5-3-4-6-9-8/h3-6H,2,7H2,1H3. The second-order valence-corrected chi connectivity index (χ2v) is 4.49. The van der Waals surface area contributed by atoms with Crippen LogP contribution in [0.2, 0.25) is 0 Å². The van der Waals surface area contributed by atoms with E-state index in [-0.39, 0.29) is 0 Å². The molecule has 0 spiro atoms. The Morgan fingerprint density at radius 3 is 3.00 bits per heavy atom. The van der Waals surface area contributed by atoms with Crippen LogP contribution >= 0.6 is 20.0 Å². The zero-order valence-corrected chi connectivity index (χ0v) is 7.79. The molecule has 2 heteroatoms. The van der Waals surface area contributed by atoms with E-state index in [1.54, 1.807) is 0 Å². The largest absolute Gasteiger partial charge is 0.121 e. The van der Waals surface area contributed by atoms with E-state index in [1.807, 2.05) is 11.8 Å². The fourth-order valence-electron chi connectivity index (χ4n) is 0.639. The minimum atomic E-state index is 1.25. The minimum Gasteiger partial charge on any atom is -0.121 e. The van der Waals surface area contributed by atoms with Gasteiger partial charge in [-0.2, -0.15) is 0 Å². The molecule has 0 saturated carbocycles. The van der Waals surface area contributed by atoms with Gasteiger partial charge >= 0.3 is 0 Å². The van der Waals surface area contributed by atoms with Crippen LogP contribution < -0.4 is 0 Å². The van der Waals surface area contributed by atoms with Gasteiger partial charge in [0.1, 0.15) is 0 Å². The maximum Gasteiger partial charge on any atom is 0.0345 e. The molecule has 1 aromatic rings. The number of thioether (sulfide) groups is 1. The molecule has 0 aliphatic heterocycles. The van der Waals surface area contributed by atoms with Gasteiger partial charge in [0, 0.05) is 4.63 Å². The highest BCUT2D eigenvalue weighted by Crippen LogP contribution is 2.25. The predicted molar refractivity (Wildman–Crippen MR) is 50.0 cm³/mol. The summed E-state index contributed by atoms with van der Waals surface area (Å²) in [6, 6.07) is 6.40. The summed E-state index contributed by atoms with van der Waals surface area (Å²) in [4.78, 5) is 0. The van der Waals surface area contributed by atoms with Gasteiger partial charge in [0.2, 0.25) is 0 Å². The Morgan fingerprint density at radius 2 is 2.40 bits per heavy atom. The lowest BCUT2D eigenvalue weighted by molar-refractivity contribution is 1.11. The molecule has 0 saturated heterocycles. The smallest absolute Gasteiger partial charge is 0.0345 e. The van der Waals surface area contributed by atoms with Gasteiger partial charge in [-0.15, -0.1) is 11.8 Å². The normalized spacial score (nSPS) is 10.5. The lowest BCUT2D eigenvalue weighted by atomic mass is 10.6. The Balaban J connectivity index is 2.43. The maximum absolute atomic E-state index is 2.22. The van der Waals surface area contributed by atoms with Gasteiger partial charge in [-0.3, -0.25) is 0 Å². The zero-order valence-electron chi connectivity index (χ0n) is 6.08. The van der Waals surface area contributed by atoms with Crippen molar-refractivity contribution in [2.24, 2.45) is 0 Å². The summed E-state index contributed by atoms with van der Waals surface area (Å²) in [6.45, 7) is 2.22. The molecule has 0 unspecified atom stereocenters. The van der Waals surface area contributed by atoms with Crippen molar-refractivity contribution < 1.29 is 0 Å². The molecule has 0 aliphatic carbocycles. The van der Waals surface area contributed by atoms with Crippen LogP contribution in [0.5, 0.6) is 0 Å². The van der Waals surface area contributed by atoms with Crippen molar-refractivity contribution in [1.82, 2.24) is 0 Å². The van der Waals surface area contributed by atoms with Crippen molar-refractivity contribution in [2.45, 2.75) is 18.0 Å². The van der Waals surface area contributed by atoms with Crippen molar-refractivity contribution in [2.75, 3.05) is 5.75 Å². The Labute approximate surface area is 68.1 Å². The molecule has 0 amide bonds. The van der Waals surface area contributed by atoms with Crippen LogP contribution in [0.15, 0.2) is 28.6 Å². The first kappa shape index (κ1) is 8.10. The zero-order chi connectivity index (χ0) is 7.23. The van der Waals surface area contributed by atoms with Gasteiger partial charge in [0.25, 0.3) is 0 Å². The third-order valence-electron chi connectivity index (χ3n) is 1.09. The van der Waals surface area contributed by atoms with Crippen LogP contribution in [0.25, 0.3) is 0 Å². The van der Waals surface area contributed by atoms with E-state index in [2.05, 4.69) is 30.9 Å². The SMILES string of the molecule is CCCSc1ccccp1. The third-order valence-corrected chi connectivity index (χ3v) is 3.56. The minimum absolute atomic E-state index is 1.25. The molecule has 0 N–H and O–H groups in total. The molecular formula is C8H11PS. The monoisotopic (exact) mass is 170 g/mol. The fourth-order valence-corrected chi connectivity index (χ4v) is 2.49.